The van der Waals surface area contributed by atoms with Crippen molar-refractivity contribution < 1.29 is 19.0 Å². The summed E-state index contributed by atoms with van der Waals surface area (Å²) in [5, 5.41) is 0. The highest BCUT2D eigenvalue weighted by Crippen LogP contribution is 2.28. The van der Waals surface area contributed by atoms with Crippen LogP contribution < -0.4 is 15.2 Å². The van der Waals surface area contributed by atoms with E-state index in [4.69, 9.17) is 19.9 Å². The molecule has 0 fully saturated rings. The van der Waals surface area contributed by atoms with Gasteiger partial charge in [0.05, 0.1) is 20.8 Å². The van der Waals surface area contributed by atoms with E-state index in [9.17, 15) is 4.79 Å². The van der Waals surface area contributed by atoms with Gasteiger partial charge in [0.25, 0.3) is 0 Å². The smallest absolute Gasteiger partial charge is 0.327 e. The number of methoxy groups -OCH3 is 2. The minimum atomic E-state index is -0.851. The van der Waals surface area contributed by atoms with Crippen molar-refractivity contribution in [2.75, 3.05) is 20.8 Å². The lowest BCUT2D eigenvalue weighted by atomic mass is 10.1. The minimum Gasteiger partial charge on any atom is -0.497 e. The van der Waals surface area contributed by atoms with Gasteiger partial charge >= 0.3 is 5.97 Å². The molecule has 0 radical (unpaired) electrons. The van der Waals surface area contributed by atoms with E-state index in [1.807, 2.05) is 0 Å². The molecule has 0 heterocycles. The van der Waals surface area contributed by atoms with Gasteiger partial charge in [-0.1, -0.05) is 0 Å². The van der Waals surface area contributed by atoms with Crippen LogP contribution in [-0.2, 0) is 9.53 Å². The molecule has 0 spiro atoms. The SMILES string of the molecule is CCOC(=O)[C@@H](N)c1ccc(OC)cc1OC. The van der Waals surface area contributed by atoms with E-state index in [0.717, 1.165) is 0 Å². The van der Waals surface area contributed by atoms with Crippen molar-refractivity contribution in [3.8, 4) is 11.5 Å². The summed E-state index contributed by atoms with van der Waals surface area (Å²) in [4.78, 5) is 11.5. The van der Waals surface area contributed by atoms with Crippen molar-refractivity contribution in [2.24, 2.45) is 5.73 Å². The van der Waals surface area contributed by atoms with Crippen molar-refractivity contribution in [3.05, 3.63) is 23.8 Å². The largest absolute Gasteiger partial charge is 0.497 e. The van der Waals surface area contributed by atoms with Crippen LogP contribution in [-0.4, -0.2) is 26.8 Å². The maximum Gasteiger partial charge on any atom is 0.327 e. The van der Waals surface area contributed by atoms with Crippen LogP contribution in [0.15, 0.2) is 18.2 Å². The van der Waals surface area contributed by atoms with Crippen LogP contribution in [0, 0.1) is 0 Å². The standard InChI is InChI=1S/C12H17NO4/c1-4-17-12(14)11(13)9-6-5-8(15-2)7-10(9)16-3/h5-7,11H,4,13H2,1-3H3/t11-/m0/s1. The molecular formula is C12H17NO4. The molecular weight excluding hydrogens is 222 g/mol. The van der Waals surface area contributed by atoms with Crippen LogP contribution >= 0.6 is 0 Å². The van der Waals surface area contributed by atoms with Crippen LogP contribution in [0.2, 0.25) is 0 Å². The van der Waals surface area contributed by atoms with E-state index in [1.54, 1.807) is 32.2 Å². The molecule has 0 saturated heterocycles. The van der Waals surface area contributed by atoms with Gasteiger partial charge in [0, 0.05) is 11.6 Å². The molecule has 1 aromatic carbocycles. The Bertz CT molecular complexity index is 392. The van der Waals surface area contributed by atoms with E-state index in [-0.39, 0.29) is 0 Å². The molecule has 5 heteroatoms. The van der Waals surface area contributed by atoms with Crippen LogP contribution in [0.25, 0.3) is 0 Å². The Morgan fingerprint density at radius 2 is 2.06 bits per heavy atom. The Kier molecular flexibility index (Phi) is 4.78. The van der Waals surface area contributed by atoms with Crippen molar-refractivity contribution in [3.63, 3.8) is 0 Å². The first kappa shape index (κ1) is 13.3. The highest BCUT2D eigenvalue weighted by Gasteiger charge is 2.21. The molecule has 0 saturated carbocycles. The fourth-order valence-corrected chi connectivity index (χ4v) is 1.43. The number of hydrogen-bond acceptors (Lipinski definition) is 5. The molecule has 1 rings (SSSR count). The predicted octanol–water partition coefficient (Wildman–Crippen LogP) is 1.27. The topological polar surface area (TPSA) is 70.8 Å². The maximum atomic E-state index is 11.5. The maximum absolute atomic E-state index is 11.5. The zero-order valence-corrected chi connectivity index (χ0v) is 10.2. The lowest BCUT2D eigenvalue weighted by Crippen LogP contribution is -2.24. The Morgan fingerprint density at radius 1 is 1.35 bits per heavy atom. The van der Waals surface area contributed by atoms with Gasteiger partial charge in [-0.15, -0.1) is 0 Å². The highest BCUT2D eigenvalue weighted by atomic mass is 16.5. The number of esters is 1. The highest BCUT2D eigenvalue weighted by molar-refractivity contribution is 5.78. The number of nitrogens with two attached hydrogens (primary N) is 1. The first-order valence-corrected chi connectivity index (χ1v) is 5.28. The molecule has 0 aliphatic carbocycles. The lowest BCUT2D eigenvalue weighted by molar-refractivity contribution is -0.144. The van der Waals surface area contributed by atoms with E-state index in [2.05, 4.69) is 0 Å². The fourth-order valence-electron chi connectivity index (χ4n) is 1.43. The van der Waals surface area contributed by atoms with E-state index in [1.165, 1.54) is 7.11 Å². The number of hydrogen-bond donors (Lipinski definition) is 1. The quantitative estimate of drug-likeness (QED) is 0.783. The van der Waals surface area contributed by atoms with E-state index >= 15 is 0 Å². The van der Waals surface area contributed by atoms with Crippen molar-refractivity contribution in [2.45, 2.75) is 13.0 Å². The van der Waals surface area contributed by atoms with Gasteiger partial charge in [-0.25, -0.2) is 4.79 Å². The molecule has 0 aliphatic heterocycles. The molecule has 0 aliphatic rings. The third-order valence-corrected chi connectivity index (χ3v) is 2.32. The van der Waals surface area contributed by atoms with E-state index in [0.29, 0.717) is 23.7 Å². The third-order valence-electron chi connectivity index (χ3n) is 2.32. The summed E-state index contributed by atoms with van der Waals surface area (Å²) in [6, 6.07) is 4.24. The van der Waals surface area contributed by atoms with Gasteiger partial charge in [0.2, 0.25) is 0 Å². The van der Waals surface area contributed by atoms with Gasteiger partial charge in [0.15, 0.2) is 0 Å². The summed E-state index contributed by atoms with van der Waals surface area (Å²) in [5.74, 6) is 0.669. The zero-order valence-electron chi connectivity index (χ0n) is 10.2. The number of benzene rings is 1. The summed E-state index contributed by atoms with van der Waals surface area (Å²) in [6.45, 7) is 2.03. The Hall–Kier alpha value is -1.75. The third kappa shape index (κ3) is 3.10. The summed E-state index contributed by atoms with van der Waals surface area (Å²) in [7, 11) is 3.07. The first-order chi connectivity index (χ1) is 8.13. The summed E-state index contributed by atoms with van der Waals surface area (Å²) in [5.41, 5.74) is 6.37. The van der Waals surface area contributed by atoms with Crippen LogP contribution in [0.1, 0.15) is 18.5 Å². The molecule has 1 aromatic rings. The predicted molar refractivity (Wildman–Crippen MR) is 63.1 cm³/mol. The molecule has 0 aromatic heterocycles. The van der Waals surface area contributed by atoms with Gasteiger partial charge in [-0.2, -0.15) is 0 Å². The Labute approximate surface area is 100 Å². The normalized spacial score (nSPS) is 11.8. The molecule has 94 valence electrons. The zero-order chi connectivity index (χ0) is 12.8. The number of carbonyl (C=O) groups excluding carboxylic acids is 1. The van der Waals surface area contributed by atoms with Crippen molar-refractivity contribution in [1.82, 2.24) is 0 Å². The molecule has 2 N–H and O–H groups in total. The van der Waals surface area contributed by atoms with E-state index < -0.39 is 12.0 Å². The molecule has 0 unspecified atom stereocenters. The molecule has 1 atom stereocenters. The molecule has 0 amide bonds. The van der Waals surface area contributed by atoms with Crippen molar-refractivity contribution >= 4 is 5.97 Å². The summed E-state index contributed by atoms with van der Waals surface area (Å²) >= 11 is 0. The Morgan fingerprint density at radius 3 is 2.59 bits per heavy atom. The van der Waals surface area contributed by atoms with Gasteiger partial charge in [-0.3, -0.25) is 0 Å². The average molecular weight is 239 g/mol. The fraction of sp³-hybridized carbons (Fsp3) is 0.417. The number of carbonyl (C=O) groups is 1. The molecule has 0 bridgehead atoms. The van der Waals surface area contributed by atoms with Gasteiger partial charge in [-0.05, 0) is 19.1 Å². The molecule has 5 nitrogen and oxygen atoms in total. The first-order valence-electron chi connectivity index (χ1n) is 5.28. The number of rotatable bonds is 5. The Balaban J connectivity index is 3.00. The van der Waals surface area contributed by atoms with Gasteiger partial charge in [0.1, 0.15) is 17.5 Å². The monoisotopic (exact) mass is 239 g/mol. The second kappa shape index (κ2) is 6.10. The van der Waals surface area contributed by atoms with Crippen LogP contribution in [0.4, 0.5) is 0 Å². The lowest BCUT2D eigenvalue weighted by Gasteiger charge is -2.15. The average Bonchev–Trinajstić information content (AvgIpc) is 2.37. The van der Waals surface area contributed by atoms with Crippen LogP contribution in [0.5, 0.6) is 11.5 Å². The molecule has 17 heavy (non-hydrogen) atoms. The van der Waals surface area contributed by atoms with Gasteiger partial charge < -0.3 is 19.9 Å². The summed E-state index contributed by atoms with van der Waals surface area (Å²) < 4.78 is 15.1. The second-order valence-electron chi connectivity index (χ2n) is 3.34. The summed E-state index contributed by atoms with van der Waals surface area (Å²) in [6.07, 6.45) is 0. The van der Waals surface area contributed by atoms with Crippen molar-refractivity contribution in [1.29, 1.82) is 0 Å². The number of ether oxygens (including phenoxy) is 3. The second-order valence-corrected chi connectivity index (χ2v) is 3.34. The van der Waals surface area contributed by atoms with Crippen LogP contribution in [0.3, 0.4) is 0 Å². The minimum absolute atomic E-state index is 0.297.